The zero-order chi connectivity index (χ0) is 11.5. The molecule has 0 bridgehead atoms. The zero-order valence-electron chi connectivity index (χ0n) is 9.94. The average molecular weight is 217 g/mol. The molecular weight excluding hydrogens is 198 g/mol. The maximum Gasteiger partial charge on any atom is 0.223 e. The molecule has 16 heavy (non-hydrogen) atoms. The lowest BCUT2D eigenvalue weighted by Gasteiger charge is -2.22. The molecule has 86 valence electrons. The van der Waals surface area contributed by atoms with Crippen LogP contribution in [0.2, 0.25) is 0 Å². The van der Waals surface area contributed by atoms with Crippen molar-refractivity contribution in [2.24, 2.45) is 11.8 Å². The number of carbonyl (C=O) groups is 1. The van der Waals surface area contributed by atoms with E-state index in [-0.39, 0.29) is 17.9 Å². The molecule has 1 aromatic rings. The van der Waals surface area contributed by atoms with Gasteiger partial charge in [0, 0.05) is 5.92 Å². The minimum Gasteiger partial charge on any atom is -0.349 e. The summed E-state index contributed by atoms with van der Waals surface area (Å²) in [6, 6.07) is 10.4. The van der Waals surface area contributed by atoms with Crippen LogP contribution in [0.15, 0.2) is 30.3 Å². The highest BCUT2D eigenvalue weighted by Gasteiger charge is 2.31. The van der Waals surface area contributed by atoms with Gasteiger partial charge in [-0.15, -0.1) is 0 Å². The fourth-order valence-corrected chi connectivity index (χ4v) is 1.91. The standard InChI is InChI=1S/C14H19NO/c1-10(2)13(11-6-4-3-5-7-11)15-14(16)12-8-9-12/h3-7,10,12-13H,8-9H2,1-2H3,(H,15,16). The van der Waals surface area contributed by atoms with Gasteiger partial charge in [0.15, 0.2) is 0 Å². The third-order valence-corrected chi connectivity index (χ3v) is 3.07. The molecule has 2 nitrogen and oxygen atoms in total. The van der Waals surface area contributed by atoms with Gasteiger partial charge in [0.25, 0.3) is 0 Å². The first kappa shape index (κ1) is 11.2. The molecule has 1 saturated carbocycles. The summed E-state index contributed by atoms with van der Waals surface area (Å²) in [6.07, 6.45) is 2.12. The summed E-state index contributed by atoms with van der Waals surface area (Å²) >= 11 is 0. The largest absolute Gasteiger partial charge is 0.349 e. The Morgan fingerprint density at radius 2 is 1.88 bits per heavy atom. The summed E-state index contributed by atoms with van der Waals surface area (Å²) < 4.78 is 0. The molecule has 1 fully saturated rings. The van der Waals surface area contributed by atoms with E-state index >= 15 is 0 Å². The van der Waals surface area contributed by atoms with Gasteiger partial charge in [-0.2, -0.15) is 0 Å². The molecule has 1 N–H and O–H groups in total. The highest BCUT2D eigenvalue weighted by atomic mass is 16.2. The number of amides is 1. The molecule has 2 heteroatoms. The fraction of sp³-hybridized carbons (Fsp3) is 0.500. The van der Waals surface area contributed by atoms with Crippen LogP contribution in [0, 0.1) is 11.8 Å². The molecule has 1 aliphatic carbocycles. The van der Waals surface area contributed by atoms with Crippen molar-refractivity contribution in [2.45, 2.75) is 32.7 Å². The van der Waals surface area contributed by atoms with Crippen LogP contribution in [0.25, 0.3) is 0 Å². The van der Waals surface area contributed by atoms with Gasteiger partial charge in [-0.25, -0.2) is 0 Å². The Hall–Kier alpha value is -1.31. The number of carbonyl (C=O) groups excluding carboxylic acids is 1. The van der Waals surface area contributed by atoms with Crippen molar-refractivity contribution in [3.8, 4) is 0 Å². The molecule has 0 aromatic heterocycles. The minimum absolute atomic E-state index is 0.147. The molecule has 0 heterocycles. The van der Waals surface area contributed by atoms with Crippen molar-refractivity contribution >= 4 is 5.91 Å². The second-order valence-corrected chi connectivity index (χ2v) is 4.92. The van der Waals surface area contributed by atoms with E-state index in [1.54, 1.807) is 0 Å². The number of nitrogens with one attached hydrogen (secondary N) is 1. The Morgan fingerprint density at radius 3 is 2.38 bits per heavy atom. The predicted molar refractivity (Wildman–Crippen MR) is 64.9 cm³/mol. The van der Waals surface area contributed by atoms with Crippen LogP contribution < -0.4 is 5.32 Å². The summed E-state index contributed by atoms with van der Waals surface area (Å²) in [5, 5.41) is 3.16. The van der Waals surface area contributed by atoms with Gasteiger partial charge in [0.2, 0.25) is 5.91 Å². The summed E-state index contributed by atoms with van der Waals surface area (Å²) in [5.41, 5.74) is 1.20. The number of benzene rings is 1. The topological polar surface area (TPSA) is 29.1 Å². The first-order chi connectivity index (χ1) is 7.68. The number of hydrogen-bond acceptors (Lipinski definition) is 1. The Bertz CT molecular complexity index is 354. The Labute approximate surface area is 97.1 Å². The Morgan fingerprint density at radius 1 is 1.25 bits per heavy atom. The van der Waals surface area contributed by atoms with Crippen LogP contribution in [-0.2, 0) is 4.79 Å². The Balaban J connectivity index is 2.08. The van der Waals surface area contributed by atoms with Crippen molar-refractivity contribution in [2.75, 3.05) is 0 Å². The maximum atomic E-state index is 11.8. The average Bonchev–Trinajstić information content (AvgIpc) is 3.10. The monoisotopic (exact) mass is 217 g/mol. The van der Waals surface area contributed by atoms with Crippen molar-refractivity contribution in [3.63, 3.8) is 0 Å². The number of rotatable bonds is 4. The van der Waals surface area contributed by atoms with Crippen molar-refractivity contribution in [1.82, 2.24) is 5.32 Å². The van der Waals surface area contributed by atoms with Crippen molar-refractivity contribution in [1.29, 1.82) is 0 Å². The SMILES string of the molecule is CC(C)C(NC(=O)C1CC1)c1ccccc1. The van der Waals surface area contributed by atoms with Crippen molar-refractivity contribution < 1.29 is 4.79 Å². The summed E-state index contributed by atoms with van der Waals surface area (Å²) in [4.78, 5) is 11.8. The first-order valence-electron chi connectivity index (χ1n) is 6.04. The highest BCUT2D eigenvalue weighted by molar-refractivity contribution is 5.81. The van der Waals surface area contributed by atoms with Gasteiger partial charge in [-0.05, 0) is 24.3 Å². The smallest absolute Gasteiger partial charge is 0.223 e. The summed E-state index contributed by atoms with van der Waals surface area (Å²) in [5.74, 6) is 0.928. The van der Waals surface area contributed by atoms with Crippen LogP contribution >= 0.6 is 0 Å². The van der Waals surface area contributed by atoms with Crippen LogP contribution in [0.4, 0.5) is 0 Å². The minimum atomic E-state index is 0.147. The van der Waals surface area contributed by atoms with Gasteiger partial charge in [0.1, 0.15) is 0 Å². The molecule has 2 rings (SSSR count). The maximum absolute atomic E-state index is 11.8. The molecule has 1 aromatic carbocycles. The van der Waals surface area contributed by atoms with Crippen LogP contribution in [0.5, 0.6) is 0 Å². The lowest BCUT2D eigenvalue weighted by atomic mass is 9.96. The molecule has 0 spiro atoms. The van der Waals surface area contributed by atoms with E-state index < -0.39 is 0 Å². The third-order valence-electron chi connectivity index (χ3n) is 3.07. The van der Waals surface area contributed by atoms with Gasteiger partial charge >= 0.3 is 0 Å². The molecule has 1 atom stereocenters. The third kappa shape index (κ3) is 2.63. The second kappa shape index (κ2) is 4.69. The molecular formula is C14H19NO. The zero-order valence-corrected chi connectivity index (χ0v) is 9.94. The van der Waals surface area contributed by atoms with Crippen LogP contribution in [0.1, 0.15) is 38.3 Å². The summed E-state index contributed by atoms with van der Waals surface area (Å²) in [6.45, 7) is 4.29. The van der Waals surface area contributed by atoms with Crippen LogP contribution in [0.3, 0.4) is 0 Å². The fourth-order valence-electron chi connectivity index (χ4n) is 1.91. The number of hydrogen-bond donors (Lipinski definition) is 1. The van der Waals surface area contributed by atoms with Gasteiger partial charge < -0.3 is 5.32 Å². The van der Waals surface area contributed by atoms with Crippen molar-refractivity contribution in [3.05, 3.63) is 35.9 Å². The van der Waals surface area contributed by atoms with E-state index in [1.807, 2.05) is 18.2 Å². The normalized spacial score (nSPS) is 17.2. The van der Waals surface area contributed by atoms with Crippen LogP contribution in [-0.4, -0.2) is 5.91 Å². The molecule has 1 unspecified atom stereocenters. The second-order valence-electron chi connectivity index (χ2n) is 4.92. The van der Waals surface area contributed by atoms with E-state index in [4.69, 9.17) is 0 Å². The van der Waals surface area contributed by atoms with E-state index in [1.165, 1.54) is 5.56 Å². The van der Waals surface area contributed by atoms with Gasteiger partial charge in [0.05, 0.1) is 6.04 Å². The molecule has 0 aliphatic heterocycles. The van der Waals surface area contributed by atoms with Gasteiger partial charge in [-0.3, -0.25) is 4.79 Å². The summed E-state index contributed by atoms with van der Waals surface area (Å²) in [7, 11) is 0. The predicted octanol–water partition coefficient (Wildman–Crippen LogP) is 2.91. The molecule has 1 amide bonds. The van der Waals surface area contributed by atoms with E-state index in [2.05, 4.69) is 31.3 Å². The van der Waals surface area contributed by atoms with Gasteiger partial charge in [-0.1, -0.05) is 44.2 Å². The van der Waals surface area contributed by atoms with E-state index in [0.717, 1.165) is 12.8 Å². The van der Waals surface area contributed by atoms with E-state index in [0.29, 0.717) is 5.92 Å². The van der Waals surface area contributed by atoms with E-state index in [9.17, 15) is 4.79 Å². The lowest BCUT2D eigenvalue weighted by molar-refractivity contribution is -0.123. The lowest BCUT2D eigenvalue weighted by Crippen LogP contribution is -2.32. The quantitative estimate of drug-likeness (QED) is 0.825. The highest BCUT2D eigenvalue weighted by Crippen LogP contribution is 2.31. The first-order valence-corrected chi connectivity index (χ1v) is 6.04. The Kier molecular flexibility index (Phi) is 3.28. The molecule has 0 radical (unpaired) electrons. The molecule has 0 saturated heterocycles. The molecule has 1 aliphatic rings.